The number of amides is 1. The largest absolute Gasteiger partial charge is 0.348 e. The summed E-state index contributed by atoms with van der Waals surface area (Å²) in [7, 11) is 0. The number of thioether (sulfide) groups is 1. The fraction of sp³-hybridized carbons (Fsp3) is 0.700. The number of hydrogen-bond acceptors (Lipinski definition) is 4. The fourth-order valence-corrected chi connectivity index (χ4v) is 1.56. The van der Waals surface area contributed by atoms with Crippen LogP contribution in [0, 0.1) is 0 Å². The minimum atomic E-state index is -0.191. The molecule has 0 saturated heterocycles. The Morgan fingerprint density at radius 3 is 3.06 bits per heavy atom. The fourth-order valence-electron chi connectivity index (χ4n) is 1.31. The first-order valence-electron chi connectivity index (χ1n) is 5.44. The Hall–Kier alpha value is -1.04. The van der Waals surface area contributed by atoms with Gasteiger partial charge in [-0.2, -0.15) is 11.8 Å². The molecule has 1 aromatic heterocycles. The molecule has 1 unspecified atom stereocenters. The Kier molecular flexibility index (Phi) is 3.48. The topological polar surface area (TPSA) is 70.7 Å². The first kappa shape index (κ1) is 11.4. The van der Waals surface area contributed by atoms with Crippen LogP contribution in [0.2, 0.25) is 0 Å². The highest BCUT2D eigenvalue weighted by atomic mass is 32.2. The Labute approximate surface area is 98.8 Å². The van der Waals surface area contributed by atoms with Gasteiger partial charge in [-0.15, -0.1) is 5.10 Å². The van der Waals surface area contributed by atoms with Gasteiger partial charge in [0.25, 0.3) is 5.91 Å². The van der Waals surface area contributed by atoms with Gasteiger partial charge in [0, 0.05) is 17.7 Å². The lowest BCUT2D eigenvalue weighted by molar-refractivity contribution is 0.0944. The maximum absolute atomic E-state index is 11.7. The van der Waals surface area contributed by atoms with E-state index in [-0.39, 0.29) is 11.7 Å². The van der Waals surface area contributed by atoms with E-state index < -0.39 is 0 Å². The van der Waals surface area contributed by atoms with E-state index in [1.54, 1.807) is 11.8 Å². The second-order valence-corrected chi connectivity index (χ2v) is 5.35. The molecule has 16 heavy (non-hydrogen) atoms. The van der Waals surface area contributed by atoms with Crippen LogP contribution in [0.4, 0.5) is 0 Å². The van der Waals surface area contributed by atoms with Gasteiger partial charge >= 0.3 is 0 Å². The quantitative estimate of drug-likeness (QED) is 0.810. The van der Waals surface area contributed by atoms with Crippen LogP contribution in [-0.2, 0) is 0 Å². The molecule has 1 aliphatic rings. The van der Waals surface area contributed by atoms with Crippen molar-refractivity contribution in [3.05, 3.63) is 11.6 Å². The third-order valence-corrected chi connectivity index (χ3v) is 3.59. The van der Waals surface area contributed by atoms with E-state index in [9.17, 15) is 4.79 Å². The molecule has 2 N–H and O–H groups in total. The van der Waals surface area contributed by atoms with Crippen LogP contribution in [0.15, 0.2) is 0 Å². The van der Waals surface area contributed by atoms with E-state index in [0.717, 1.165) is 18.7 Å². The minimum Gasteiger partial charge on any atom is -0.348 e. The van der Waals surface area contributed by atoms with Crippen molar-refractivity contribution in [1.82, 2.24) is 20.5 Å². The maximum Gasteiger partial charge on any atom is 0.290 e. The number of aromatic amines is 1. The Morgan fingerprint density at radius 1 is 1.69 bits per heavy atom. The zero-order chi connectivity index (χ0) is 11.5. The number of rotatable bonds is 5. The van der Waals surface area contributed by atoms with Crippen molar-refractivity contribution in [3.8, 4) is 0 Å². The summed E-state index contributed by atoms with van der Waals surface area (Å²) in [5.41, 5.74) is 0. The molecule has 6 heteroatoms. The van der Waals surface area contributed by atoms with Crippen LogP contribution >= 0.6 is 11.8 Å². The average Bonchev–Trinajstić information content (AvgIpc) is 3.03. The monoisotopic (exact) mass is 240 g/mol. The van der Waals surface area contributed by atoms with Crippen LogP contribution in [0.1, 0.15) is 42.1 Å². The second-order valence-electron chi connectivity index (χ2n) is 4.07. The third kappa shape index (κ3) is 2.75. The molecule has 0 bridgehead atoms. The van der Waals surface area contributed by atoms with E-state index in [1.165, 1.54) is 0 Å². The maximum atomic E-state index is 11.7. The van der Waals surface area contributed by atoms with Gasteiger partial charge in [-0.1, -0.05) is 6.92 Å². The molecular weight excluding hydrogens is 224 g/mol. The highest BCUT2D eigenvalue weighted by Crippen LogP contribution is 2.37. The molecular formula is C10H16N4OS. The van der Waals surface area contributed by atoms with Gasteiger partial charge in [0.05, 0.1) is 0 Å². The first-order chi connectivity index (χ1) is 7.70. The van der Waals surface area contributed by atoms with Crippen molar-refractivity contribution in [1.29, 1.82) is 0 Å². The van der Waals surface area contributed by atoms with E-state index in [4.69, 9.17) is 0 Å². The van der Waals surface area contributed by atoms with Gasteiger partial charge in [-0.25, -0.2) is 4.98 Å². The summed E-state index contributed by atoms with van der Waals surface area (Å²) in [6.45, 7) is 2.71. The second kappa shape index (κ2) is 4.86. The van der Waals surface area contributed by atoms with E-state index in [0.29, 0.717) is 17.7 Å². The van der Waals surface area contributed by atoms with Crippen LogP contribution in [-0.4, -0.2) is 39.1 Å². The number of nitrogens with one attached hydrogen (secondary N) is 2. The molecule has 0 radical (unpaired) electrons. The van der Waals surface area contributed by atoms with E-state index in [2.05, 4.69) is 27.4 Å². The van der Waals surface area contributed by atoms with Gasteiger partial charge in [0.15, 0.2) is 0 Å². The molecule has 1 atom stereocenters. The SMILES string of the molecule is CSC(C)CNC(=O)c1n[nH]c(C2CC2)n1. The lowest BCUT2D eigenvalue weighted by Crippen LogP contribution is -2.30. The van der Waals surface area contributed by atoms with Crippen molar-refractivity contribution < 1.29 is 4.79 Å². The van der Waals surface area contributed by atoms with Gasteiger partial charge < -0.3 is 5.32 Å². The molecule has 0 aromatic carbocycles. The average molecular weight is 240 g/mol. The molecule has 2 rings (SSSR count). The number of nitrogens with zero attached hydrogens (tertiary/aromatic N) is 2. The lowest BCUT2D eigenvalue weighted by Gasteiger charge is -2.07. The molecule has 88 valence electrons. The van der Waals surface area contributed by atoms with Crippen LogP contribution in [0.3, 0.4) is 0 Å². The molecule has 0 aliphatic heterocycles. The van der Waals surface area contributed by atoms with Crippen molar-refractivity contribution in [2.45, 2.75) is 30.9 Å². The van der Waals surface area contributed by atoms with Gasteiger partial charge in [-0.3, -0.25) is 9.89 Å². The van der Waals surface area contributed by atoms with Gasteiger partial charge in [0.2, 0.25) is 5.82 Å². The summed E-state index contributed by atoms with van der Waals surface area (Å²) in [4.78, 5) is 15.8. The number of carbonyl (C=O) groups is 1. The van der Waals surface area contributed by atoms with E-state index in [1.807, 2.05) is 6.26 Å². The predicted molar refractivity (Wildman–Crippen MR) is 63.7 cm³/mol. The van der Waals surface area contributed by atoms with Crippen molar-refractivity contribution in [2.24, 2.45) is 0 Å². The zero-order valence-corrected chi connectivity index (χ0v) is 10.3. The van der Waals surface area contributed by atoms with Crippen LogP contribution in [0.5, 0.6) is 0 Å². The molecule has 1 aliphatic carbocycles. The third-order valence-electron chi connectivity index (χ3n) is 2.62. The standard InChI is InChI=1S/C10H16N4OS/c1-6(16-2)5-11-10(15)9-12-8(13-14-9)7-3-4-7/h6-7H,3-5H2,1-2H3,(H,11,15)(H,12,13,14). The van der Waals surface area contributed by atoms with Crippen molar-refractivity contribution in [3.63, 3.8) is 0 Å². The summed E-state index contributed by atoms with van der Waals surface area (Å²) in [5, 5.41) is 9.97. The van der Waals surface area contributed by atoms with Crippen molar-refractivity contribution >= 4 is 17.7 Å². The number of carbonyl (C=O) groups excluding carboxylic acids is 1. The van der Waals surface area contributed by atoms with E-state index >= 15 is 0 Å². The highest BCUT2D eigenvalue weighted by Gasteiger charge is 2.28. The van der Waals surface area contributed by atoms with Crippen molar-refractivity contribution in [2.75, 3.05) is 12.8 Å². The molecule has 1 saturated carbocycles. The summed E-state index contributed by atoms with van der Waals surface area (Å²) >= 11 is 1.72. The molecule has 1 heterocycles. The molecule has 1 fully saturated rings. The first-order valence-corrected chi connectivity index (χ1v) is 6.72. The zero-order valence-electron chi connectivity index (χ0n) is 9.49. The Balaban J connectivity index is 1.87. The number of hydrogen-bond donors (Lipinski definition) is 2. The van der Waals surface area contributed by atoms with Crippen LogP contribution < -0.4 is 5.32 Å². The predicted octanol–water partition coefficient (Wildman–Crippen LogP) is 1.16. The summed E-state index contributed by atoms with van der Waals surface area (Å²) in [5.74, 6) is 1.42. The molecule has 0 spiro atoms. The van der Waals surface area contributed by atoms with Gasteiger partial charge in [-0.05, 0) is 19.1 Å². The number of H-pyrrole nitrogens is 1. The Morgan fingerprint density at radius 2 is 2.44 bits per heavy atom. The highest BCUT2D eigenvalue weighted by molar-refractivity contribution is 7.99. The molecule has 5 nitrogen and oxygen atoms in total. The Bertz CT molecular complexity index is 375. The lowest BCUT2D eigenvalue weighted by atomic mass is 10.4. The number of aromatic nitrogens is 3. The minimum absolute atomic E-state index is 0.191. The van der Waals surface area contributed by atoms with Gasteiger partial charge in [0.1, 0.15) is 5.82 Å². The summed E-state index contributed by atoms with van der Waals surface area (Å²) in [6.07, 6.45) is 4.33. The smallest absolute Gasteiger partial charge is 0.290 e. The molecule has 1 amide bonds. The normalized spacial score (nSPS) is 17.1. The van der Waals surface area contributed by atoms with Crippen LogP contribution in [0.25, 0.3) is 0 Å². The summed E-state index contributed by atoms with van der Waals surface area (Å²) in [6, 6.07) is 0. The summed E-state index contributed by atoms with van der Waals surface area (Å²) < 4.78 is 0. The molecule has 1 aromatic rings.